The van der Waals surface area contributed by atoms with Gasteiger partial charge in [-0.05, 0) is 19.4 Å². The molecule has 0 aromatic heterocycles. The number of benzene rings is 1. The fraction of sp³-hybridized carbons (Fsp3) is 0.611. The number of carbonyl (C=O) groups excluding carboxylic acids is 1. The molecule has 3 unspecified atom stereocenters. The molecule has 3 N–H and O–H groups in total. The Morgan fingerprint density at radius 1 is 1.26 bits per heavy atom. The summed E-state index contributed by atoms with van der Waals surface area (Å²) in [6, 6.07) is 8.57. The minimum absolute atomic E-state index is 0.0189. The zero-order valence-electron chi connectivity index (χ0n) is 14.4. The van der Waals surface area contributed by atoms with Gasteiger partial charge in [0.15, 0.2) is 0 Å². The summed E-state index contributed by atoms with van der Waals surface area (Å²) >= 11 is 0. The molecule has 23 heavy (non-hydrogen) atoms. The second-order valence-electron chi connectivity index (χ2n) is 6.47. The minimum Gasteiger partial charge on any atom is -0.379 e. The molecule has 5 heteroatoms. The molecule has 1 aliphatic heterocycles. The molecule has 1 aromatic carbocycles. The molecule has 1 fully saturated rings. The van der Waals surface area contributed by atoms with E-state index in [1.807, 2.05) is 13.8 Å². The maximum absolute atomic E-state index is 12.2. The Hall–Kier alpha value is -1.43. The van der Waals surface area contributed by atoms with Gasteiger partial charge in [0, 0.05) is 31.6 Å². The number of nitrogens with zero attached hydrogens (tertiary/aromatic N) is 1. The average molecular weight is 319 g/mol. The minimum atomic E-state index is -0.182. The molecule has 1 aliphatic rings. The highest BCUT2D eigenvalue weighted by molar-refractivity contribution is 5.78. The van der Waals surface area contributed by atoms with Crippen LogP contribution in [-0.4, -0.2) is 49.7 Å². The molecule has 128 valence electrons. The highest BCUT2D eigenvalue weighted by Crippen LogP contribution is 2.22. The van der Waals surface area contributed by atoms with Crippen molar-refractivity contribution in [2.75, 3.05) is 32.8 Å². The van der Waals surface area contributed by atoms with Crippen LogP contribution in [0.4, 0.5) is 0 Å². The van der Waals surface area contributed by atoms with Crippen molar-refractivity contribution in [3.05, 3.63) is 35.4 Å². The number of hydrogen-bond donors (Lipinski definition) is 2. The van der Waals surface area contributed by atoms with Crippen LogP contribution in [0.15, 0.2) is 24.3 Å². The first-order valence-corrected chi connectivity index (χ1v) is 8.40. The molecule has 1 heterocycles. The Morgan fingerprint density at radius 3 is 2.43 bits per heavy atom. The van der Waals surface area contributed by atoms with E-state index in [0.29, 0.717) is 6.54 Å². The van der Waals surface area contributed by atoms with Gasteiger partial charge < -0.3 is 15.8 Å². The summed E-state index contributed by atoms with van der Waals surface area (Å²) in [6.07, 6.45) is 0. The van der Waals surface area contributed by atoms with Crippen LogP contribution in [0.1, 0.15) is 31.0 Å². The van der Waals surface area contributed by atoms with Gasteiger partial charge in [0.05, 0.1) is 19.3 Å². The van der Waals surface area contributed by atoms with Crippen LogP contribution < -0.4 is 11.1 Å². The first kappa shape index (κ1) is 17.9. The van der Waals surface area contributed by atoms with Gasteiger partial charge in [0.1, 0.15) is 0 Å². The van der Waals surface area contributed by atoms with Crippen molar-refractivity contribution < 1.29 is 9.53 Å². The molecular weight excluding hydrogens is 290 g/mol. The summed E-state index contributed by atoms with van der Waals surface area (Å²) in [7, 11) is 0. The second-order valence-corrected chi connectivity index (χ2v) is 6.47. The molecule has 3 atom stereocenters. The maximum atomic E-state index is 12.2. The lowest BCUT2D eigenvalue weighted by atomic mass is 10.0. The van der Waals surface area contributed by atoms with E-state index in [0.717, 1.165) is 26.3 Å². The quantitative estimate of drug-likeness (QED) is 0.833. The second kappa shape index (κ2) is 8.43. The predicted octanol–water partition coefficient (Wildman–Crippen LogP) is 1.47. The maximum Gasteiger partial charge on any atom is 0.224 e. The van der Waals surface area contributed by atoms with Gasteiger partial charge >= 0.3 is 0 Å². The smallest absolute Gasteiger partial charge is 0.224 e. The Morgan fingerprint density at radius 2 is 1.87 bits per heavy atom. The summed E-state index contributed by atoms with van der Waals surface area (Å²) in [6.45, 7) is 9.67. The molecule has 2 rings (SSSR count). The van der Waals surface area contributed by atoms with Gasteiger partial charge in [-0.15, -0.1) is 0 Å². The largest absolute Gasteiger partial charge is 0.379 e. The van der Waals surface area contributed by atoms with Crippen molar-refractivity contribution >= 4 is 5.91 Å². The van der Waals surface area contributed by atoms with Crippen LogP contribution in [0.5, 0.6) is 0 Å². The van der Waals surface area contributed by atoms with Crippen molar-refractivity contribution in [3.8, 4) is 0 Å². The number of ether oxygens (including phenoxy) is 1. The van der Waals surface area contributed by atoms with E-state index in [2.05, 4.69) is 41.4 Å². The zero-order valence-corrected chi connectivity index (χ0v) is 14.4. The van der Waals surface area contributed by atoms with E-state index in [1.54, 1.807) is 0 Å². The lowest BCUT2D eigenvalue weighted by Gasteiger charge is -2.35. The Balaban J connectivity index is 2.07. The Labute approximate surface area is 139 Å². The number of nitrogens with one attached hydrogen (secondary N) is 1. The molecule has 5 nitrogen and oxygen atoms in total. The summed E-state index contributed by atoms with van der Waals surface area (Å²) in [5, 5.41) is 3.07. The molecule has 1 aromatic rings. The van der Waals surface area contributed by atoms with E-state index in [1.165, 1.54) is 11.1 Å². The number of rotatable bonds is 6. The molecule has 0 bridgehead atoms. The Bertz CT molecular complexity index is 495. The van der Waals surface area contributed by atoms with Crippen molar-refractivity contribution in [1.29, 1.82) is 0 Å². The highest BCUT2D eigenvalue weighted by Gasteiger charge is 2.24. The monoisotopic (exact) mass is 319 g/mol. The van der Waals surface area contributed by atoms with Crippen molar-refractivity contribution in [2.24, 2.45) is 11.7 Å². The molecule has 0 radical (unpaired) electrons. The number of hydrogen-bond acceptors (Lipinski definition) is 4. The van der Waals surface area contributed by atoms with Crippen molar-refractivity contribution in [1.82, 2.24) is 10.2 Å². The van der Waals surface area contributed by atoms with Crippen molar-refractivity contribution in [3.63, 3.8) is 0 Å². The molecule has 0 spiro atoms. The van der Waals surface area contributed by atoms with Gasteiger partial charge in [-0.1, -0.05) is 36.8 Å². The van der Waals surface area contributed by atoms with Crippen LogP contribution in [0.2, 0.25) is 0 Å². The summed E-state index contributed by atoms with van der Waals surface area (Å²) in [4.78, 5) is 14.6. The molecule has 0 aliphatic carbocycles. The van der Waals surface area contributed by atoms with Gasteiger partial charge in [0.25, 0.3) is 0 Å². The third kappa shape index (κ3) is 5.03. The molecule has 1 amide bonds. The van der Waals surface area contributed by atoms with E-state index in [9.17, 15) is 4.79 Å². The Kier molecular flexibility index (Phi) is 6.57. The zero-order chi connectivity index (χ0) is 16.8. The third-order valence-electron chi connectivity index (χ3n) is 4.62. The number of aryl methyl sites for hydroxylation is 1. The number of morpholine rings is 1. The van der Waals surface area contributed by atoms with Crippen LogP contribution in [0.25, 0.3) is 0 Å². The van der Waals surface area contributed by atoms with E-state index in [4.69, 9.17) is 10.5 Å². The molecular formula is C18H29N3O2. The van der Waals surface area contributed by atoms with Gasteiger partial charge in [-0.25, -0.2) is 0 Å². The number of carbonyl (C=O) groups is 1. The first-order valence-electron chi connectivity index (χ1n) is 8.40. The van der Waals surface area contributed by atoms with E-state index >= 15 is 0 Å². The summed E-state index contributed by atoms with van der Waals surface area (Å²) in [5.41, 5.74) is 8.29. The van der Waals surface area contributed by atoms with Gasteiger partial charge in [-0.2, -0.15) is 0 Å². The lowest BCUT2D eigenvalue weighted by molar-refractivity contribution is -0.125. The third-order valence-corrected chi connectivity index (χ3v) is 4.62. The standard InChI is InChI=1S/C18H29N3O2/c1-13-4-6-16(7-5-13)17(21-8-10-23-11-9-21)12-20-18(22)14(2)15(3)19/h4-7,14-15,17H,8-12,19H2,1-3H3,(H,20,22). The van der Waals surface area contributed by atoms with Crippen LogP contribution in [-0.2, 0) is 9.53 Å². The fourth-order valence-electron chi connectivity index (χ4n) is 2.73. The number of amides is 1. The summed E-state index contributed by atoms with van der Waals surface area (Å²) in [5.74, 6) is -0.163. The normalized spacial score (nSPS) is 19.8. The first-order chi connectivity index (χ1) is 11.0. The van der Waals surface area contributed by atoms with Gasteiger partial charge in [-0.3, -0.25) is 9.69 Å². The highest BCUT2D eigenvalue weighted by atomic mass is 16.5. The van der Waals surface area contributed by atoms with Crippen molar-refractivity contribution in [2.45, 2.75) is 32.9 Å². The lowest BCUT2D eigenvalue weighted by Crippen LogP contribution is -2.46. The predicted molar refractivity (Wildman–Crippen MR) is 92.1 cm³/mol. The number of nitrogens with two attached hydrogens (primary N) is 1. The topological polar surface area (TPSA) is 67.6 Å². The average Bonchev–Trinajstić information content (AvgIpc) is 2.56. The van der Waals surface area contributed by atoms with Crippen LogP contribution in [0, 0.1) is 12.8 Å². The van der Waals surface area contributed by atoms with Gasteiger partial charge in [0.2, 0.25) is 5.91 Å². The van der Waals surface area contributed by atoms with Crippen LogP contribution in [0.3, 0.4) is 0 Å². The summed E-state index contributed by atoms with van der Waals surface area (Å²) < 4.78 is 5.45. The molecule has 0 saturated carbocycles. The van der Waals surface area contributed by atoms with Crippen LogP contribution >= 0.6 is 0 Å². The molecule has 1 saturated heterocycles. The fourth-order valence-corrected chi connectivity index (χ4v) is 2.73. The van der Waals surface area contributed by atoms with E-state index in [-0.39, 0.29) is 23.9 Å². The SMILES string of the molecule is Cc1ccc(C(CNC(=O)C(C)C(C)N)N2CCOCC2)cc1. The van der Waals surface area contributed by atoms with E-state index < -0.39 is 0 Å².